The molecule has 0 unspecified atom stereocenters. The zero-order valence-electron chi connectivity index (χ0n) is 11.0. The van der Waals surface area contributed by atoms with Crippen LogP contribution in [-0.4, -0.2) is 25.1 Å². The van der Waals surface area contributed by atoms with Gasteiger partial charge in [-0.2, -0.15) is 0 Å². The van der Waals surface area contributed by atoms with Crippen LogP contribution < -0.4 is 10.2 Å². The third kappa shape index (κ3) is 4.17. The van der Waals surface area contributed by atoms with E-state index in [4.69, 9.17) is 11.6 Å². The summed E-state index contributed by atoms with van der Waals surface area (Å²) in [6, 6.07) is 2.09. The van der Waals surface area contributed by atoms with Crippen molar-refractivity contribution in [3.05, 3.63) is 22.8 Å². The van der Waals surface area contributed by atoms with Crippen LogP contribution in [0.15, 0.2) is 12.3 Å². The fraction of sp³-hybridized carbons (Fsp3) is 0.615. The normalized spacial score (nSPS) is 10.6. The molecule has 0 bridgehead atoms. The van der Waals surface area contributed by atoms with Crippen molar-refractivity contribution in [3.63, 3.8) is 0 Å². The van der Waals surface area contributed by atoms with E-state index in [0.717, 1.165) is 48.9 Å². The molecule has 0 aliphatic carbocycles. The molecular weight excluding hydrogens is 234 g/mol. The molecule has 0 spiro atoms. The quantitative estimate of drug-likeness (QED) is 0.812. The van der Waals surface area contributed by atoms with Crippen LogP contribution in [0.2, 0.25) is 5.02 Å². The second kappa shape index (κ2) is 7.51. The highest BCUT2D eigenvalue weighted by Crippen LogP contribution is 2.20. The summed E-state index contributed by atoms with van der Waals surface area (Å²) in [6.45, 7) is 7.24. The van der Waals surface area contributed by atoms with Crippen molar-refractivity contribution in [2.45, 2.75) is 33.2 Å². The van der Waals surface area contributed by atoms with Gasteiger partial charge in [0.25, 0.3) is 0 Å². The van der Waals surface area contributed by atoms with Gasteiger partial charge in [0.05, 0.1) is 5.02 Å². The maximum absolute atomic E-state index is 6.11. The second-order valence-corrected chi connectivity index (χ2v) is 4.56. The molecule has 0 aliphatic rings. The minimum atomic E-state index is 0.732. The van der Waals surface area contributed by atoms with Crippen molar-refractivity contribution >= 4 is 17.4 Å². The Morgan fingerprint density at radius 2 is 1.94 bits per heavy atom. The Hall–Kier alpha value is -0.800. The first-order valence-corrected chi connectivity index (χ1v) is 6.64. The van der Waals surface area contributed by atoms with Crippen molar-refractivity contribution in [3.8, 4) is 0 Å². The minimum Gasteiger partial charge on any atom is -0.357 e. The lowest BCUT2D eigenvalue weighted by Gasteiger charge is -2.23. The molecule has 96 valence electrons. The third-order valence-corrected chi connectivity index (χ3v) is 2.94. The van der Waals surface area contributed by atoms with Gasteiger partial charge in [-0.15, -0.1) is 0 Å². The maximum Gasteiger partial charge on any atom is 0.128 e. The van der Waals surface area contributed by atoms with Crippen molar-refractivity contribution in [2.75, 3.05) is 25.0 Å². The number of pyridine rings is 1. The van der Waals surface area contributed by atoms with Crippen LogP contribution in [0, 0.1) is 0 Å². The van der Waals surface area contributed by atoms with E-state index in [1.54, 1.807) is 6.20 Å². The van der Waals surface area contributed by atoms with Gasteiger partial charge < -0.3 is 10.2 Å². The summed E-state index contributed by atoms with van der Waals surface area (Å²) in [6.07, 6.45) is 4.01. The third-order valence-electron chi connectivity index (χ3n) is 2.60. The van der Waals surface area contributed by atoms with Crippen molar-refractivity contribution in [2.24, 2.45) is 0 Å². The largest absolute Gasteiger partial charge is 0.357 e. The first-order valence-electron chi connectivity index (χ1n) is 6.26. The predicted molar refractivity (Wildman–Crippen MR) is 74.8 cm³/mol. The molecule has 0 radical (unpaired) electrons. The summed E-state index contributed by atoms with van der Waals surface area (Å²) < 4.78 is 0. The van der Waals surface area contributed by atoms with E-state index in [1.807, 2.05) is 7.05 Å². The molecule has 1 aromatic heterocycles. The van der Waals surface area contributed by atoms with Crippen LogP contribution in [0.25, 0.3) is 0 Å². The summed E-state index contributed by atoms with van der Waals surface area (Å²) in [5.74, 6) is 1.03. The summed E-state index contributed by atoms with van der Waals surface area (Å²) in [4.78, 5) is 6.74. The van der Waals surface area contributed by atoms with Gasteiger partial charge in [0.2, 0.25) is 0 Å². The molecule has 1 heterocycles. The monoisotopic (exact) mass is 255 g/mol. The van der Waals surface area contributed by atoms with E-state index in [9.17, 15) is 0 Å². The van der Waals surface area contributed by atoms with Crippen LogP contribution in [0.3, 0.4) is 0 Å². The molecule has 0 amide bonds. The number of halogens is 1. The molecule has 1 N–H and O–H groups in total. The van der Waals surface area contributed by atoms with Crippen LogP contribution >= 0.6 is 11.6 Å². The molecule has 1 aromatic rings. The van der Waals surface area contributed by atoms with Gasteiger partial charge >= 0.3 is 0 Å². The topological polar surface area (TPSA) is 28.2 Å². The Balaban J connectivity index is 2.90. The van der Waals surface area contributed by atoms with Gasteiger partial charge in [-0.05, 0) is 31.5 Å². The van der Waals surface area contributed by atoms with Gasteiger partial charge in [-0.3, -0.25) is 0 Å². The Labute approximate surface area is 109 Å². The highest BCUT2D eigenvalue weighted by molar-refractivity contribution is 6.31. The number of nitrogens with one attached hydrogen (secondary N) is 1. The summed E-state index contributed by atoms with van der Waals surface area (Å²) >= 11 is 6.11. The fourth-order valence-electron chi connectivity index (χ4n) is 1.85. The van der Waals surface area contributed by atoms with Gasteiger partial charge in [0, 0.05) is 25.8 Å². The average Bonchev–Trinajstić information content (AvgIpc) is 2.32. The minimum absolute atomic E-state index is 0.732. The molecule has 0 fully saturated rings. The lowest BCUT2D eigenvalue weighted by atomic mass is 10.2. The Morgan fingerprint density at radius 3 is 2.47 bits per heavy atom. The second-order valence-electron chi connectivity index (χ2n) is 4.15. The number of nitrogens with zero attached hydrogens (tertiary/aromatic N) is 2. The first-order chi connectivity index (χ1) is 8.22. The average molecular weight is 256 g/mol. The van der Waals surface area contributed by atoms with Gasteiger partial charge in [-0.1, -0.05) is 25.4 Å². The van der Waals surface area contributed by atoms with Crippen LogP contribution in [0.1, 0.15) is 32.3 Å². The summed E-state index contributed by atoms with van der Waals surface area (Å²) in [5, 5.41) is 3.86. The number of hydrogen-bond donors (Lipinski definition) is 1. The highest BCUT2D eigenvalue weighted by atomic mass is 35.5. The Kier molecular flexibility index (Phi) is 6.30. The SMILES string of the molecule is CCCN(CCC)c1cc(CNC)c(Cl)cn1. The molecule has 3 nitrogen and oxygen atoms in total. The van der Waals surface area contributed by atoms with E-state index >= 15 is 0 Å². The van der Waals surface area contributed by atoms with Gasteiger partial charge in [0.15, 0.2) is 0 Å². The van der Waals surface area contributed by atoms with Gasteiger partial charge in [-0.25, -0.2) is 4.98 Å². The van der Waals surface area contributed by atoms with Crippen molar-refractivity contribution < 1.29 is 0 Å². The van der Waals surface area contributed by atoms with E-state index in [-0.39, 0.29) is 0 Å². The number of anilines is 1. The highest BCUT2D eigenvalue weighted by Gasteiger charge is 2.08. The number of aromatic nitrogens is 1. The molecule has 1 rings (SSSR count). The Morgan fingerprint density at radius 1 is 1.29 bits per heavy atom. The lowest BCUT2D eigenvalue weighted by molar-refractivity contribution is 0.731. The molecule has 0 saturated carbocycles. The summed E-state index contributed by atoms with van der Waals surface area (Å²) in [5.41, 5.74) is 1.11. The molecular formula is C13H22ClN3. The van der Waals surface area contributed by atoms with E-state index in [2.05, 4.69) is 35.1 Å². The first kappa shape index (κ1) is 14.3. The lowest BCUT2D eigenvalue weighted by Crippen LogP contribution is -2.26. The standard InChI is InChI=1S/C13H22ClN3/c1-4-6-17(7-5-2)13-8-11(9-15-3)12(14)10-16-13/h8,10,15H,4-7,9H2,1-3H3. The van der Waals surface area contributed by atoms with Crippen molar-refractivity contribution in [1.29, 1.82) is 0 Å². The molecule has 17 heavy (non-hydrogen) atoms. The number of hydrogen-bond acceptors (Lipinski definition) is 3. The number of rotatable bonds is 7. The van der Waals surface area contributed by atoms with Crippen LogP contribution in [-0.2, 0) is 6.54 Å². The molecule has 0 atom stereocenters. The van der Waals surface area contributed by atoms with Crippen molar-refractivity contribution in [1.82, 2.24) is 10.3 Å². The van der Waals surface area contributed by atoms with Gasteiger partial charge in [0.1, 0.15) is 5.82 Å². The fourth-order valence-corrected chi connectivity index (χ4v) is 2.02. The summed E-state index contributed by atoms with van der Waals surface area (Å²) in [7, 11) is 1.92. The smallest absolute Gasteiger partial charge is 0.128 e. The van der Waals surface area contributed by atoms with Crippen LogP contribution in [0.4, 0.5) is 5.82 Å². The predicted octanol–water partition coefficient (Wildman–Crippen LogP) is 3.08. The zero-order valence-corrected chi connectivity index (χ0v) is 11.7. The van der Waals surface area contributed by atoms with Crippen LogP contribution in [0.5, 0.6) is 0 Å². The molecule has 0 saturated heterocycles. The molecule has 0 aliphatic heterocycles. The molecule has 4 heteroatoms. The Bertz CT molecular complexity index is 335. The van der Waals surface area contributed by atoms with E-state index < -0.39 is 0 Å². The molecule has 0 aromatic carbocycles. The van der Waals surface area contributed by atoms with E-state index in [1.165, 1.54) is 0 Å². The zero-order chi connectivity index (χ0) is 12.7. The maximum atomic E-state index is 6.11. The van der Waals surface area contributed by atoms with E-state index in [0.29, 0.717) is 0 Å².